The molecule has 0 atom stereocenters. The Morgan fingerprint density at radius 3 is 2.82 bits per heavy atom. The van der Waals surface area contributed by atoms with Gasteiger partial charge >= 0.3 is 0 Å². The first-order chi connectivity index (χ1) is 5.29. The standard InChI is InChI=1S/C8H9N3/c1-6-7-4-2-3-5-8(7)10-11(6)9/h2-5H,9H2,1H3. The van der Waals surface area contributed by atoms with Gasteiger partial charge in [0.1, 0.15) is 0 Å². The predicted octanol–water partition coefficient (Wildman–Crippen LogP) is 1.06. The molecular weight excluding hydrogens is 138 g/mol. The maximum absolute atomic E-state index is 5.56. The summed E-state index contributed by atoms with van der Waals surface area (Å²) in [6.45, 7) is 1.95. The summed E-state index contributed by atoms with van der Waals surface area (Å²) in [4.78, 5) is 1.41. The second-order valence-corrected chi connectivity index (χ2v) is 2.55. The van der Waals surface area contributed by atoms with Gasteiger partial charge in [-0.25, -0.2) is 0 Å². The maximum Gasteiger partial charge on any atom is 0.0947 e. The van der Waals surface area contributed by atoms with Crippen molar-refractivity contribution in [2.45, 2.75) is 6.92 Å². The van der Waals surface area contributed by atoms with Gasteiger partial charge in [-0.2, -0.15) is 9.89 Å². The number of nitrogens with two attached hydrogens (primary N) is 1. The molecule has 0 saturated carbocycles. The summed E-state index contributed by atoms with van der Waals surface area (Å²) in [6, 6.07) is 7.90. The summed E-state index contributed by atoms with van der Waals surface area (Å²) in [5.74, 6) is 5.56. The number of rotatable bonds is 0. The molecule has 0 spiro atoms. The molecule has 56 valence electrons. The molecule has 0 aliphatic rings. The van der Waals surface area contributed by atoms with Crippen molar-refractivity contribution >= 4 is 10.9 Å². The lowest BCUT2D eigenvalue weighted by Crippen LogP contribution is -2.11. The van der Waals surface area contributed by atoms with Gasteiger partial charge in [-0.15, -0.1) is 0 Å². The molecule has 2 N–H and O–H groups in total. The lowest BCUT2D eigenvalue weighted by Gasteiger charge is -1.90. The van der Waals surface area contributed by atoms with Crippen LogP contribution in [0.15, 0.2) is 24.3 Å². The molecular formula is C8H9N3. The molecule has 3 heteroatoms. The maximum atomic E-state index is 5.56. The SMILES string of the molecule is Cc1c2ccccc2nn1N. The van der Waals surface area contributed by atoms with Crippen LogP contribution in [0.5, 0.6) is 0 Å². The van der Waals surface area contributed by atoms with Gasteiger partial charge in [-0.1, -0.05) is 18.2 Å². The summed E-state index contributed by atoms with van der Waals surface area (Å²) in [6.07, 6.45) is 0. The lowest BCUT2D eigenvalue weighted by molar-refractivity contribution is 0.813. The summed E-state index contributed by atoms with van der Waals surface area (Å²) in [7, 11) is 0. The van der Waals surface area contributed by atoms with Gasteiger partial charge in [0.2, 0.25) is 0 Å². The molecule has 0 radical (unpaired) electrons. The molecule has 0 fully saturated rings. The van der Waals surface area contributed by atoms with E-state index in [1.54, 1.807) is 0 Å². The van der Waals surface area contributed by atoms with Gasteiger partial charge in [0.25, 0.3) is 0 Å². The van der Waals surface area contributed by atoms with Crippen molar-refractivity contribution in [3.05, 3.63) is 30.0 Å². The van der Waals surface area contributed by atoms with Gasteiger partial charge < -0.3 is 5.84 Å². The highest BCUT2D eigenvalue weighted by atomic mass is 15.5. The van der Waals surface area contributed by atoms with Crippen LogP contribution in [-0.4, -0.2) is 9.89 Å². The number of nitrogens with zero attached hydrogens (tertiary/aromatic N) is 2. The summed E-state index contributed by atoms with van der Waals surface area (Å²) >= 11 is 0. The van der Waals surface area contributed by atoms with Gasteiger partial charge in [-0.3, -0.25) is 0 Å². The van der Waals surface area contributed by atoms with E-state index in [1.165, 1.54) is 4.79 Å². The third-order valence-electron chi connectivity index (χ3n) is 1.85. The first-order valence-corrected chi connectivity index (χ1v) is 3.48. The van der Waals surface area contributed by atoms with Crippen LogP contribution in [0.25, 0.3) is 10.9 Å². The Hall–Kier alpha value is -1.51. The normalized spacial score (nSPS) is 10.6. The van der Waals surface area contributed by atoms with Crippen LogP contribution in [0.2, 0.25) is 0 Å². The number of hydrogen-bond acceptors (Lipinski definition) is 2. The Balaban J connectivity index is 2.92. The number of fused-ring (bicyclic) bond motifs is 1. The van der Waals surface area contributed by atoms with Crippen molar-refractivity contribution in [1.82, 2.24) is 9.89 Å². The van der Waals surface area contributed by atoms with E-state index in [-0.39, 0.29) is 0 Å². The lowest BCUT2D eigenvalue weighted by atomic mass is 10.2. The van der Waals surface area contributed by atoms with Gasteiger partial charge in [0.05, 0.1) is 11.2 Å². The Morgan fingerprint density at radius 2 is 2.09 bits per heavy atom. The Kier molecular flexibility index (Phi) is 1.12. The fraction of sp³-hybridized carbons (Fsp3) is 0.125. The molecule has 1 aromatic heterocycles. The van der Waals surface area contributed by atoms with Crippen LogP contribution in [0.3, 0.4) is 0 Å². The molecule has 1 heterocycles. The zero-order valence-electron chi connectivity index (χ0n) is 6.28. The van der Waals surface area contributed by atoms with E-state index < -0.39 is 0 Å². The zero-order chi connectivity index (χ0) is 7.84. The molecule has 0 saturated heterocycles. The second kappa shape index (κ2) is 1.99. The average molecular weight is 147 g/mol. The summed E-state index contributed by atoms with van der Waals surface area (Å²) < 4.78 is 0. The molecule has 2 rings (SSSR count). The van der Waals surface area contributed by atoms with Crippen LogP contribution in [0.1, 0.15) is 5.69 Å². The fourth-order valence-corrected chi connectivity index (χ4v) is 1.18. The Labute approximate surface area is 64.4 Å². The monoisotopic (exact) mass is 147 g/mol. The highest BCUT2D eigenvalue weighted by Crippen LogP contribution is 2.14. The van der Waals surface area contributed by atoms with E-state index in [0.29, 0.717) is 0 Å². The van der Waals surface area contributed by atoms with Crippen molar-refractivity contribution < 1.29 is 0 Å². The molecule has 2 aromatic rings. The predicted molar refractivity (Wildman–Crippen MR) is 44.6 cm³/mol. The largest absolute Gasteiger partial charge is 0.323 e. The second-order valence-electron chi connectivity index (χ2n) is 2.55. The first-order valence-electron chi connectivity index (χ1n) is 3.48. The van der Waals surface area contributed by atoms with E-state index in [2.05, 4.69) is 5.10 Å². The van der Waals surface area contributed by atoms with Gasteiger partial charge in [0, 0.05) is 5.39 Å². The molecule has 3 nitrogen and oxygen atoms in total. The van der Waals surface area contributed by atoms with Crippen molar-refractivity contribution in [2.75, 3.05) is 5.84 Å². The minimum absolute atomic E-state index is 0.951. The summed E-state index contributed by atoms with van der Waals surface area (Å²) in [5.41, 5.74) is 1.95. The van der Waals surface area contributed by atoms with Crippen LogP contribution in [0, 0.1) is 6.92 Å². The van der Waals surface area contributed by atoms with Crippen LogP contribution < -0.4 is 5.84 Å². The van der Waals surface area contributed by atoms with Gasteiger partial charge in [0.15, 0.2) is 0 Å². The van der Waals surface area contributed by atoms with Crippen molar-refractivity contribution in [1.29, 1.82) is 0 Å². The highest BCUT2D eigenvalue weighted by molar-refractivity contribution is 5.81. The van der Waals surface area contributed by atoms with Crippen molar-refractivity contribution in [3.8, 4) is 0 Å². The third-order valence-corrected chi connectivity index (χ3v) is 1.85. The van der Waals surface area contributed by atoms with Crippen molar-refractivity contribution in [3.63, 3.8) is 0 Å². The number of hydrogen-bond donors (Lipinski definition) is 1. The minimum Gasteiger partial charge on any atom is -0.323 e. The van der Waals surface area contributed by atoms with Crippen LogP contribution >= 0.6 is 0 Å². The van der Waals surface area contributed by atoms with Crippen LogP contribution in [0.4, 0.5) is 0 Å². The Bertz CT molecular complexity index is 389. The minimum atomic E-state index is 0.951. The number of nitrogen functional groups attached to an aromatic ring is 1. The fourth-order valence-electron chi connectivity index (χ4n) is 1.18. The molecule has 0 unspecified atom stereocenters. The van der Waals surface area contributed by atoms with E-state index in [9.17, 15) is 0 Å². The number of benzene rings is 1. The number of aromatic nitrogens is 2. The van der Waals surface area contributed by atoms with E-state index >= 15 is 0 Å². The molecule has 11 heavy (non-hydrogen) atoms. The van der Waals surface area contributed by atoms with Crippen molar-refractivity contribution in [2.24, 2.45) is 0 Å². The first kappa shape index (κ1) is 6.22. The number of aryl methyl sites for hydroxylation is 1. The molecule has 0 aliphatic carbocycles. The van der Waals surface area contributed by atoms with Crippen LogP contribution in [-0.2, 0) is 0 Å². The summed E-state index contributed by atoms with van der Waals surface area (Å²) in [5, 5.41) is 5.23. The topological polar surface area (TPSA) is 43.8 Å². The van der Waals surface area contributed by atoms with E-state index in [0.717, 1.165) is 16.6 Å². The molecule has 0 aliphatic heterocycles. The zero-order valence-corrected chi connectivity index (χ0v) is 6.28. The Morgan fingerprint density at radius 1 is 1.36 bits per heavy atom. The molecule has 0 bridgehead atoms. The highest BCUT2D eigenvalue weighted by Gasteiger charge is 2.01. The molecule has 1 aromatic carbocycles. The van der Waals surface area contributed by atoms with Gasteiger partial charge in [-0.05, 0) is 13.0 Å². The van der Waals surface area contributed by atoms with E-state index in [1.807, 2.05) is 31.2 Å². The third kappa shape index (κ3) is 0.774. The average Bonchev–Trinajstić information content (AvgIpc) is 2.30. The molecule has 0 amide bonds. The smallest absolute Gasteiger partial charge is 0.0947 e. The van der Waals surface area contributed by atoms with E-state index in [4.69, 9.17) is 5.84 Å². The quantitative estimate of drug-likeness (QED) is 0.566.